The Morgan fingerprint density at radius 3 is 2.61 bits per heavy atom. The fourth-order valence-electron chi connectivity index (χ4n) is 1.70. The molecule has 1 aromatic carbocycles. The summed E-state index contributed by atoms with van der Waals surface area (Å²) >= 11 is 0. The molecule has 0 saturated heterocycles. The molecule has 1 heterocycles. The Morgan fingerprint density at radius 1 is 1.33 bits per heavy atom. The summed E-state index contributed by atoms with van der Waals surface area (Å²) in [6, 6.07) is 7.08. The number of carbonyl (C=O) groups is 1. The van der Waals surface area contributed by atoms with Crippen molar-refractivity contribution < 1.29 is 4.79 Å². The van der Waals surface area contributed by atoms with Gasteiger partial charge in [0.15, 0.2) is 0 Å². The number of anilines is 2. The predicted molar refractivity (Wildman–Crippen MR) is 71.5 cm³/mol. The molecule has 0 bridgehead atoms. The maximum atomic E-state index is 12.0. The van der Waals surface area contributed by atoms with Gasteiger partial charge in [0.1, 0.15) is 5.82 Å². The molecule has 94 valence electrons. The minimum Gasteiger partial charge on any atom is -0.398 e. The Labute approximate surface area is 106 Å². The zero-order valence-corrected chi connectivity index (χ0v) is 10.7. The number of hydrogen-bond donors (Lipinski definition) is 2. The lowest BCUT2D eigenvalue weighted by molar-refractivity contribution is 0.102. The summed E-state index contributed by atoms with van der Waals surface area (Å²) in [5.74, 6) is 0.473. The van der Waals surface area contributed by atoms with Crippen molar-refractivity contribution in [1.29, 1.82) is 0 Å². The molecule has 2 rings (SSSR count). The van der Waals surface area contributed by atoms with Crippen molar-refractivity contribution in [2.75, 3.05) is 11.1 Å². The van der Waals surface area contributed by atoms with E-state index in [9.17, 15) is 4.79 Å². The van der Waals surface area contributed by atoms with E-state index in [2.05, 4.69) is 10.4 Å². The summed E-state index contributed by atoms with van der Waals surface area (Å²) in [6.45, 7) is 3.78. The van der Waals surface area contributed by atoms with Crippen molar-refractivity contribution in [3.8, 4) is 0 Å². The molecule has 0 aliphatic heterocycles. The third-order valence-corrected chi connectivity index (χ3v) is 2.79. The fraction of sp³-hybridized carbons (Fsp3) is 0.231. The van der Waals surface area contributed by atoms with Crippen LogP contribution in [0.4, 0.5) is 11.5 Å². The molecule has 1 amide bonds. The van der Waals surface area contributed by atoms with Crippen molar-refractivity contribution in [3.05, 3.63) is 41.1 Å². The number of hydrogen-bond acceptors (Lipinski definition) is 3. The number of aryl methyl sites for hydroxylation is 3. The van der Waals surface area contributed by atoms with E-state index in [0.717, 1.165) is 11.3 Å². The molecule has 0 atom stereocenters. The van der Waals surface area contributed by atoms with Gasteiger partial charge >= 0.3 is 0 Å². The number of aromatic nitrogens is 2. The van der Waals surface area contributed by atoms with Gasteiger partial charge in [-0.25, -0.2) is 0 Å². The topological polar surface area (TPSA) is 72.9 Å². The lowest BCUT2D eigenvalue weighted by Gasteiger charge is -2.07. The standard InChI is InChI=1S/C13H16N4O/c1-8-4-5-10(7-11(8)14)13(18)15-12-6-9(2)16-17(12)3/h4-7H,14H2,1-3H3,(H,15,18). The largest absolute Gasteiger partial charge is 0.398 e. The molecule has 0 spiro atoms. The summed E-state index contributed by atoms with van der Waals surface area (Å²) in [6.07, 6.45) is 0. The van der Waals surface area contributed by atoms with E-state index in [-0.39, 0.29) is 5.91 Å². The second-order valence-corrected chi connectivity index (χ2v) is 4.32. The maximum absolute atomic E-state index is 12.0. The molecule has 5 nitrogen and oxygen atoms in total. The highest BCUT2D eigenvalue weighted by Crippen LogP contribution is 2.15. The van der Waals surface area contributed by atoms with Crippen LogP contribution >= 0.6 is 0 Å². The number of benzene rings is 1. The molecule has 0 unspecified atom stereocenters. The number of amides is 1. The lowest BCUT2D eigenvalue weighted by Crippen LogP contribution is -2.14. The van der Waals surface area contributed by atoms with E-state index in [1.54, 1.807) is 23.9 Å². The molecule has 0 aliphatic carbocycles. The van der Waals surface area contributed by atoms with E-state index < -0.39 is 0 Å². The molecule has 0 saturated carbocycles. The number of nitrogen functional groups attached to an aromatic ring is 1. The zero-order chi connectivity index (χ0) is 13.3. The van der Waals surface area contributed by atoms with Crippen LogP contribution in [0.2, 0.25) is 0 Å². The minimum absolute atomic E-state index is 0.190. The van der Waals surface area contributed by atoms with Crippen LogP contribution in [-0.2, 0) is 7.05 Å². The average Bonchev–Trinajstić information content (AvgIpc) is 2.61. The summed E-state index contributed by atoms with van der Waals surface area (Å²) < 4.78 is 1.63. The monoisotopic (exact) mass is 244 g/mol. The molecule has 18 heavy (non-hydrogen) atoms. The maximum Gasteiger partial charge on any atom is 0.256 e. The van der Waals surface area contributed by atoms with Crippen molar-refractivity contribution in [1.82, 2.24) is 9.78 Å². The van der Waals surface area contributed by atoms with Crippen molar-refractivity contribution in [3.63, 3.8) is 0 Å². The van der Waals surface area contributed by atoms with Crippen LogP contribution in [0.25, 0.3) is 0 Å². The van der Waals surface area contributed by atoms with Gasteiger partial charge in [0.25, 0.3) is 5.91 Å². The quantitative estimate of drug-likeness (QED) is 0.792. The predicted octanol–water partition coefficient (Wildman–Crippen LogP) is 1.87. The molecule has 3 N–H and O–H groups in total. The number of carbonyl (C=O) groups excluding carboxylic acids is 1. The van der Waals surface area contributed by atoms with Crippen molar-refractivity contribution in [2.24, 2.45) is 7.05 Å². The molecule has 0 aliphatic rings. The molecule has 0 radical (unpaired) electrons. The highest BCUT2D eigenvalue weighted by molar-refractivity contribution is 6.04. The van der Waals surface area contributed by atoms with Crippen LogP contribution in [0.1, 0.15) is 21.6 Å². The molecule has 2 aromatic rings. The van der Waals surface area contributed by atoms with E-state index in [1.807, 2.05) is 26.0 Å². The molecular formula is C13H16N4O. The van der Waals surface area contributed by atoms with Gasteiger partial charge < -0.3 is 11.1 Å². The van der Waals surface area contributed by atoms with Gasteiger partial charge in [0, 0.05) is 24.4 Å². The van der Waals surface area contributed by atoms with Gasteiger partial charge in [-0.3, -0.25) is 9.48 Å². The Kier molecular flexibility index (Phi) is 3.06. The summed E-state index contributed by atoms with van der Waals surface area (Å²) in [7, 11) is 1.78. The average molecular weight is 244 g/mol. The number of rotatable bonds is 2. The van der Waals surface area contributed by atoms with E-state index >= 15 is 0 Å². The van der Waals surface area contributed by atoms with Gasteiger partial charge in [-0.15, -0.1) is 0 Å². The minimum atomic E-state index is -0.190. The highest BCUT2D eigenvalue weighted by atomic mass is 16.1. The van der Waals surface area contributed by atoms with Gasteiger partial charge in [-0.2, -0.15) is 5.10 Å². The fourth-order valence-corrected chi connectivity index (χ4v) is 1.70. The van der Waals surface area contributed by atoms with Crippen molar-refractivity contribution in [2.45, 2.75) is 13.8 Å². The first-order valence-corrected chi connectivity index (χ1v) is 5.65. The lowest BCUT2D eigenvalue weighted by atomic mass is 10.1. The Morgan fingerprint density at radius 2 is 2.06 bits per heavy atom. The summed E-state index contributed by atoms with van der Waals surface area (Å²) in [4.78, 5) is 12.0. The Bertz CT molecular complexity index is 601. The summed E-state index contributed by atoms with van der Waals surface area (Å²) in [5.41, 5.74) is 8.76. The second kappa shape index (κ2) is 4.52. The van der Waals surface area contributed by atoms with Crippen LogP contribution in [0.5, 0.6) is 0 Å². The van der Waals surface area contributed by atoms with Crippen LogP contribution < -0.4 is 11.1 Å². The number of nitrogens with zero attached hydrogens (tertiary/aromatic N) is 2. The normalized spacial score (nSPS) is 10.4. The van der Waals surface area contributed by atoms with Gasteiger partial charge in [0.2, 0.25) is 0 Å². The molecule has 1 aromatic heterocycles. The van der Waals surface area contributed by atoms with E-state index in [1.165, 1.54) is 0 Å². The van der Waals surface area contributed by atoms with Crippen LogP contribution in [0.3, 0.4) is 0 Å². The van der Waals surface area contributed by atoms with Gasteiger partial charge in [0.05, 0.1) is 5.69 Å². The molecular weight excluding hydrogens is 228 g/mol. The Hall–Kier alpha value is -2.30. The SMILES string of the molecule is Cc1cc(NC(=O)c2ccc(C)c(N)c2)n(C)n1. The third kappa shape index (κ3) is 2.34. The van der Waals surface area contributed by atoms with Gasteiger partial charge in [-0.05, 0) is 31.5 Å². The Balaban J connectivity index is 2.22. The van der Waals surface area contributed by atoms with E-state index in [4.69, 9.17) is 5.73 Å². The first-order chi connectivity index (χ1) is 8.47. The summed E-state index contributed by atoms with van der Waals surface area (Å²) in [5, 5.41) is 6.97. The van der Waals surface area contributed by atoms with Gasteiger partial charge in [-0.1, -0.05) is 6.07 Å². The number of nitrogens with one attached hydrogen (secondary N) is 1. The van der Waals surface area contributed by atoms with Crippen molar-refractivity contribution >= 4 is 17.4 Å². The van der Waals surface area contributed by atoms with Crippen LogP contribution in [0, 0.1) is 13.8 Å². The molecule has 0 fully saturated rings. The zero-order valence-electron chi connectivity index (χ0n) is 10.7. The first kappa shape index (κ1) is 12.2. The highest BCUT2D eigenvalue weighted by Gasteiger charge is 2.10. The second-order valence-electron chi connectivity index (χ2n) is 4.32. The molecule has 5 heteroatoms. The number of nitrogens with two attached hydrogens (primary N) is 1. The smallest absolute Gasteiger partial charge is 0.256 e. The first-order valence-electron chi connectivity index (χ1n) is 5.65. The van der Waals surface area contributed by atoms with Crippen LogP contribution in [0.15, 0.2) is 24.3 Å². The third-order valence-electron chi connectivity index (χ3n) is 2.79. The van der Waals surface area contributed by atoms with Crippen LogP contribution in [-0.4, -0.2) is 15.7 Å². The van der Waals surface area contributed by atoms with E-state index in [0.29, 0.717) is 17.1 Å².